The van der Waals surface area contributed by atoms with Crippen molar-refractivity contribution in [3.8, 4) is 11.5 Å². The lowest BCUT2D eigenvalue weighted by molar-refractivity contribution is -0.131. The van der Waals surface area contributed by atoms with Crippen LogP contribution in [0.3, 0.4) is 0 Å². The number of methoxy groups -OCH3 is 2. The van der Waals surface area contributed by atoms with Crippen LogP contribution in [-0.4, -0.2) is 32.1 Å². The van der Waals surface area contributed by atoms with Crippen LogP contribution in [0, 0.1) is 5.92 Å². The second-order valence-electron chi connectivity index (χ2n) is 6.14. The van der Waals surface area contributed by atoms with Crippen molar-refractivity contribution >= 4 is 5.91 Å². The molecule has 0 heterocycles. The summed E-state index contributed by atoms with van der Waals surface area (Å²) in [5, 5.41) is 0. The topological polar surface area (TPSA) is 38.8 Å². The standard InChI is InChI=1S/C18H27NO3/c1-19(18(20)11-14-7-5-4-6-8-14)13-15-9-10-16(21-2)12-17(15)22-3/h9-10,12,14H,4-8,11,13H2,1-3H3. The Morgan fingerprint density at radius 2 is 1.91 bits per heavy atom. The average Bonchev–Trinajstić information content (AvgIpc) is 2.56. The number of benzene rings is 1. The van der Waals surface area contributed by atoms with Gasteiger partial charge in [0, 0.05) is 31.6 Å². The zero-order valence-electron chi connectivity index (χ0n) is 13.9. The van der Waals surface area contributed by atoms with Crippen molar-refractivity contribution in [1.82, 2.24) is 4.90 Å². The van der Waals surface area contributed by atoms with E-state index in [1.165, 1.54) is 32.1 Å². The van der Waals surface area contributed by atoms with Crippen molar-refractivity contribution in [2.45, 2.75) is 45.1 Å². The van der Waals surface area contributed by atoms with Crippen LogP contribution in [-0.2, 0) is 11.3 Å². The molecule has 2 rings (SSSR count). The first-order chi connectivity index (χ1) is 10.6. The maximum Gasteiger partial charge on any atom is 0.222 e. The monoisotopic (exact) mass is 305 g/mol. The Kier molecular flexibility index (Phi) is 6.10. The molecule has 1 aliphatic carbocycles. The first-order valence-electron chi connectivity index (χ1n) is 8.09. The molecule has 1 amide bonds. The molecule has 0 radical (unpaired) electrons. The van der Waals surface area contributed by atoms with Gasteiger partial charge in [-0.05, 0) is 30.9 Å². The summed E-state index contributed by atoms with van der Waals surface area (Å²) in [4.78, 5) is 14.2. The van der Waals surface area contributed by atoms with E-state index in [9.17, 15) is 4.79 Å². The molecule has 0 aromatic heterocycles. The Labute approximate surface area is 133 Å². The van der Waals surface area contributed by atoms with Crippen LogP contribution in [0.15, 0.2) is 18.2 Å². The van der Waals surface area contributed by atoms with E-state index in [1.807, 2.05) is 25.2 Å². The maximum absolute atomic E-state index is 12.4. The van der Waals surface area contributed by atoms with Crippen LogP contribution < -0.4 is 9.47 Å². The lowest BCUT2D eigenvalue weighted by Gasteiger charge is -2.24. The Bertz CT molecular complexity index is 495. The van der Waals surface area contributed by atoms with Crippen molar-refractivity contribution in [3.05, 3.63) is 23.8 Å². The maximum atomic E-state index is 12.4. The largest absolute Gasteiger partial charge is 0.497 e. The Hall–Kier alpha value is -1.71. The van der Waals surface area contributed by atoms with Crippen molar-refractivity contribution in [2.75, 3.05) is 21.3 Å². The van der Waals surface area contributed by atoms with E-state index in [0.29, 0.717) is 18.9 Å². The van der Waals surface area contributed by atoms with Crippen molar-refractivity contribution in [3.63, 3.8) is 0 Å². The van der Waals surface area contributed by atoms with Gasteiger partial charge in [0.15, 0.2) is 0 Å². The molecule has 1 fully saturated rings. The van der Waals surface area contributed by atoms with Crippen LogP contribution in [0.2, 0.25) is 0 Å². The molecule has 1 aromatic rings. The van der Waals surface area contributed by atoms with Gasteiger partial charge in [-0.3, -0.25) is 4.79 Å². The van der Waals surface area contributed by atoms with Crippen LogP contribution in [0.5, 0.6) is 11.5 Å². The van der Waals surface area contributed by atoms with Crippen LogP contribution in [0.25, 0.3) is 0 Å². The van der Waals surface area contributed by atoms with Crippen LogP contribution >= 0.6 is 0 Å². The molecule has 4 heteroatoms. The second-order valence-corrected chi connectivity index (χ2v) is 6.14. The minimum Gasteiger partial charge on any atom is -0.497 e. The zero-order valence-corrected chi connectivity index (χ0v) is 13.9. The summed E-state index contributed by atoms with van der Waals surface area (Å²) >= 11 is 0. The molecule has 0 unspecified atom stereocenters. The molecule has 0 aliphatic heterocycles. The predicted molar refractivity (Wildman–Crippen MR) is 87.2 cm³/mol. The highest BCUT2D eigenvalue weighted by Gasteiger charge is 2.20. The van der Waals surface area contributed by atoms with Gasteiger partial charge in [-0.1, -0.05) is 19.3 Å². The average molecular weight is 305 g/mol. The molecule has 1 saturated carbocycles. The van der Waals surface area contributed by atoms with E-state index >= 15 is 0 Å². The lowest BCUT2D eigenvalue weighted by atomic mass is 9.86. The lowest BCUT2D eigenvalue weighted by Crippen LogP contribution is -2.28. The van der Waals surface area contributed by atoms with Crippen molar-refractivity contribution in [1.29, 1.82) is 0 Å². The van der Waals surface area contributed by atoms with Gasteiger partial charge in [0.05, 0.1) is 14.2 Å². The number of amides is 1. The number of carbonyl (C=O) groups is 1. The Balaban J connectivity index is 1.95. The quantitative estimate of drug-likeness (QED) is 0.805. The molecule has 4 nitrogen and oxygen atoms in total. The molecule has 0 N–H and O–H groups in total. The van der Waals surface area contributed by atoms with Crippen LogP contribution in [0.4, 0.5) is 0 Å². The fourth-order valence-electron chi connectivity index (χ4n) is 3.12. The summed E-state index contributed by atoms with van der Waals surface area (Å²) in [6.45, 7) is 0.568. The number of nitrogens with zero attached hydrogens (tertiary/aromatic N) is 1. The Morgan fingerprint density at radius 3 is 2.55 bits per heavy atom. The van der Waals surface area contributed by atoms with Gasteiger partial charge < -0.3 is 14.4 Å². The third kappa shape index (κ3) is 4.39. The van der Waals surface area contributed by atoms with E-state index < -0.39 is 0 Å². The molecule has 122 valence electrons. The third-order valence-corrected chi connectivity index (χ3v) is 4.52. The fourth-order valence-corrected chi connectivity index (χ4v) is 3.12. The summed E-state index contributed by atoms with van der Waals surface area (Å²) in [5.74, 6) is 2.32. The zero-order chi connectivity index (χ0) is 15.9. The van der Waals surface area contributed by atoms with E-state index in [4.69, 9.17) is 9.47 Å². The molecular formula is C18H27NO3. The molecule has 1 aliphatic rings. The van der Waals surface area contributed by atoms with Gasteiger partial charge in [0.25, 0.3) is 0 Å². The molecule has 0 bridgehead atoms. The second kappa shape index (κ2) is 8.06. The minimum atomic E-state index is 0.227. The number of ether oxygens (including phenoxy) is 2. The predicted octanol–water partition coefficient (Wildman–Crippen LogP) is 3.63. The molecule has 0 spiro atoms. The van der Waals surface area contributed by atoms with Crippen LogP contribution in [0.1, 0.15) is 44.1 Å². The Morgan fingerprint density at radius 1 is 1.18 bits per heavy atom. The number of hydrogen-bond donors (Lipinski definition) is 0. The molecule has 22 heavy (non-hydrogen) atoms. The van der Waals surface area contributed by atoms with Gasteiger partial charge in [0.2, 0.25) is 5.91 Å². The summed E-state index contributed by atoms with van der Waals surface area (Å²) < 4.78 is 10.6. The minimum absolute atomic E-state index is 0.227. The fraction of sp³-hybridized carbons (Fsp3) is 0.611. The van der Waals surface area contributed by atoms with E-state index in [-0.39, 0.29) is 5.91 Å². The van der Waals surface area contributed by atoms with Gasteiger partial charge in [-0.25, -0.2) is 0 Å². The first-order valence-corrected chi connectivity index (χ1v) is 8.09. The highest BCUT2D eigenvalue weighted by atomic mass is 16.5. The molecule has 1 aromatic carbocycles. The molecule has 0 saturated heterocycles. The van der Waals surface area contributed by atoms with Gasteiger partial charge in [-0.15, -0.1) is 0 Å². The summed E-state index contributed by atoms with van der Waals surface area (Å²) in [5.41, 5.74) is 1.00. The van der Waals surface area contributed by atoms with Gasteiger partial charge in [0.1, 0.15) is 11.5 Å². The molecule has 0 atom stereocenters. The van der Waals surface area contributed by atoms with E-state index in [0.717, 1.165) is 17.1 Å². The smallest absolute Gasteiger partial charge is 0.222 e. The highest BCUT2D eigenvalue weighted by molar-refractivity contribution is 5.76. The van der Waals surface area contributed by atoms with E-state index in [1.54, 1.807) is 19.1 Å². The number of hydrogen-bond acceptors (Lipinski definition) is 3. The summed E-state index contributed by atoms with van der Waals surface area (Å²) in [6, 6.07) is 5.72. The number of carbonyl (C=O) groups excluding carboxylic acids is 1. The number of rotatable bonds is 6. The van der Waals surface area contributed by atoms with Crippen molar-refractivity contribution in [2.24, 2.45) is 5.92 Å². The highest BCUT2D eigenvalue weighted by Crippen LogP contribution is 2.28. The van der Waals surface area contributed by atoms with Gasteiger partial charge >= 0.3 is 0 Å². The molecular weight excluding hydrogens is 278 g/mol. The summed E-state index contributed by atoms with van der Waals surface area (Å²) in [7, 11) is 5.14. The van der Waals surface area contributed by atoms with E-state index in [2.05, 4.69) is 0 Å². The normalized spacial score (nSPS) is 15.4. The SMILES string of the molecule is COc1ccc(CN(C)C(=O)CC2CCCCC2)c(OC)c1. The first kappa shape index (κ1) is 16.7. The van der Waals surface area contributed by atoms with Gasteiger partial charge in [-0.2, -0.15) is 0 Å². The summed E-state index contributed by atoms with van der Waals surface area (Å²) in [6.07, 6.45) is 6.94. The third-order valence-electron chi connectivity index (χ3n) is 4.52. The van der Waals surface area contributed by atoms with Crippen molar-refractivity contribution < 1.29 is 14.3 Å².